The lowest BCUT2D eigenvalue weighted by Gasteiger charge is -2.10. The predicted octanol–water partition coefficient (Wildman–Crippen LogP) is 2.95. The molecular weight excluding hydrogens is 278 g/mol. The molecule has 0 atom stereocenters. The van der Waals surface area contributed by atoms with E-state index in [1.54, 1.807) is 22.9 Å². The molecule has 1 aromatic carbocycles. The molecule has 0 bridgehead atoms. The van der Waals surface area contributed by atoms with Gasteiger partial charge in [0.15, 0.2) is 5.78 Å². The van der Waals surface area contributed by atoms with Crippen LogP contribution in [0.4, 0.5) is 0 Å². The van der Waals surface area contributed by atoms with E-state index in [-0.39, 0.29) is 18.2 Å². The Bertz CT molecular complexity index is 623. The highest BCUT2D eigenvalue weighted by atomic mass is 35.5. The van der Waals surface area contributed by atoms with Crippen molar-refractivity contribution in [3.8, 4) is 5.75 Å². The number of methoxy groups -OCH3 is 1. The van der Waals surface area contributed by atoms with Crippen molar-refractivity contribution in [1.82, 2.24) is 14.8 Å². The van der Waals surface area contributed by atoms with Crippen LogP contribution in [0.25, 0.3) is 0 Å². The van der Waals surface area contributed by atoms with Crippen molar-refractivity contribution in [2.24, 2.45) is 0 Å². The Morgan fingerprint density at radius 1 is 1.45 bits per heavy atom. The monoisotopic (exact) mass is 293 g/mol. The van der Waals surface area contributed by atoms with Gasteiger partial charge in [0.25, 0.3) is 0 Å². The summed E-state index contributed by atoms with van der Waals surface area (Å²) in [5, 5.41) is 4.62. The highest BCUT2D eigenvalue weighted by molar-refractivity contribution is 6.31. The minimum absolute atomic E-state index is 0.0979. The van der Waals surface area contributed by atoms with Crippen molar-refractivity contribution < 1.29 is 9.53 Å². The maximum atomic E-state index is 12.4. The van der Waals surface area contributed by atoms with Crippen LogP contribution >= 0.6 is 11.6 Å². The van der Waals surface area contributed by atoms with Crippen LogP contribution in [-0.4, -0.2) is 27.7 Å². The lowest BCUT2D eigenvalue weighted by atomic mass is 10.1. The van der Waals surface area contributed by atoms with Crippen molar-refractivity contribution in [2.45, 2.75) is 26.3 Å². The molecule has 20 heavy (non-hydrogen) atoms. The average Bonchev–Trinajstić information content (AvgIpc) is 2.87. The minimum atomic E-state index is -0.0979. The molecule has 2 aromatic rings. The third-order valence-electron chi connectivity index (χ3n) is 2.92. The molecule has 0 aliphatic rings. The molecular formula is C14H16ClN3O2. The average molecular weight is 294 g/mol. The number of hydrogen-bond acceptors (Lipinski definition) is 4. The molecule has 0 aliphatic carbocycles. The summed E-state index contributed by atoms with van der Waals surface area (Å²) in [4.78, 5) is 16.5. The lowest BCUT2D eigenvalue weighted by Crippen LogP contribution is -2.13. The molecule has 0 spiro atoms. The van der Waals surface area contributed by atoms with Gasteiger partial charge in [-0.15, -0.1) is 0 Å². The topological polar surface area (TPSA) is 57.0 Å². The third-order valence-corrected chi connectivity index (χ3v) is 3.15. The maximum Gasteiger partial charge on any atom is 0.174 e. The molecule has 0 unspecified atom stereocenters. The van der Waals surface area contributed by atoms with Gasteiger partial charge in [0, 0.05) is 11.1 Å². The standard InChI is InChI=1S/C14H16ClN3O2/c1-9(2)18-14(16-8-17-18)7-12(19)11-6-10(15)4-5-13(11)20-3/h4-6,8-9H,7H2,1-3H3. The van der Waals surface area contributed by atoms with Gasteiger partial charge in [-0.2, -0.15) is 5.10 Å². The zero-order valence-corrected chi connectivity index (χ0v) is 12.4. The van der Waals surface area contributed by atoms with E-state index in [0.717, 1.165) is 0 Å². The molecule has 1 heterocycles. The second kappa shape index (κ2) is 6.05. The lowest BCUT2D eigenvalue weighted by molar-refractivity contribution is 0.0986. The van der Waals surface area contributed by atoms with Crippen LogP contribution in [0.1, 0.15) is 36.1 Å². The summed E-state index contributed by atoms with van der Waals surface area (Å²) in [5.41, 5.74) is 0.457. The molecule has 1 aromatic heterocycles. The van der Waals surface area contributed by atoms with Crippen molar-refractivity contribution in [1.29, 1.82) is 0 Å². The van der Waals surface area contributed by atoms with Gasteiger partial charge in [0.2, 0.25) is 0 Å². The number of carbonyl (C=O) groups is 1. The number of benzene rings is 1. The highest BCUT2D eigenvalue weighted by Gasteiger charge is 2.17. The van der Waals surface area contributed by atoms with Crippen LogP contribution in [-0.2, 0) is 6.42 Å². The van der Waals surface area contributed by atoms with Gasteiger partial charge in [-0.25, -0.2) is 9.67 Å². The van der Waals surface area contributed by atoms with Crippen molar-refractivity contribution >= 4 is 17.4 Å². The fraction of sp³-hybridized carbons (Fsp3) is 0.357. The molecule has 0 N–H and O–H groups in total. The van der Waals surface area contributed by atoms with Gasteiger partial charge in [-0.3, -0.25) is 4.79 Å². The largest absolute Gasteiger partial charge is 0.496 e. The van der Waals surface area contributed by atoms with Crippen LogP contribution in [0.5, 0.6) is 5.75 Å². The number of halogens is 1. The second-order valence-electron chi connectivity index (χ2n) is 4.66. The van der Waals surface area contributed by atoms with Crippen LogP contribution in [0, 0.1) is 0 Å². The zero-order chi connectivity index (χ0) is 14.7. The van der Waals surface area contributed by atoms with Crippen LogP contribution in [0.2, 0.25) is 5.02 Å². The van der Waals surface area contributed by atoms with E-state index in [9.17, 15) is 4.79 Å². The molecule has 0 aliphatic heterocycles. The predicted molar refractivity (Wildman–Crippen MR) is 76.4 cm³/mol. The number of ether oxygens (including phenoxy) is 1. The molecule has 0 radical (unpaired) electrons. The van der Waals surface area contributed by atoms with E-state index in [1.165, 1.54) is 13.4 Å². The van der Waals surface area contributed by atoms with Gasteiger partial charge >= 0.3 is 0 Å². The SMILES string of the molecule is COc1ccc(Cl)cc1C(=O)Cc1ncnn1C(C)C. The summed E-state index contributed by atoms with van der Waals surface area (Å²) in [7, 11) is 1.52. The first-order valence-electron chi connectivity index (χ1n) is 6.28. The van der Waals surface area contributed by atoms with Crippen LogP contribution < -0.4 is 4.74 Å². The first kappa shape index (κ1) is 14.5. The van der Waals surface area contributed by atoms with Crippen LogP contribution in [0.3, 0.4) is 0 Å². The smallest absolute Gasteiger partial charge is 0.174 e. The summed E-state index contributed by atoms with van der Waals surface area (Å²) >= 11 is 5.94. The quantitative estimate of drug-likeness (QED) is 0.795. The Balaban J connectivity index is 2.28. The van der Waals surface area contributed by atoms with Crippen molar-refractivity contribution in [2.75, 3.05) is 7.11 Å². The Hall–Kier alpha value is -1.88. The molecule has 5 nitrogen and oxygen atoms in total. The summed E-state index contributed by atoms with van der Waals surface area (Å²) < 4.78 is 6.93. The Kier molecular flexibility index (Phi) is 4.39. The fourth-order valence-corrected chi connectivity index (χ4v) is 2.14. The third kappa shape index (κ3) is 2.99. The zero-order valence-electron chi connectivity index (χ0n) is 11.6. The van der Waals surface area contributed by atoms with Crippen LogP contribution in [0.15, 0.2) is 24.5 Å². The first-order chi connectivity index (χ1) is 9.52. The minimum Gasteiger partial charge on any atom is -0.496 e. The van der Waals surface area contributed by atoms with Crippen molar-refractivity contribution in [3.05, 3.63) is 40.9 Å². The van der Waals surface area contributed by atoms with E-state index in [1.807, 2.05) is 13.8 Å². The van der Waals surface area contributed by atoms with Gasteiger partial charge in [0.05, 0.1) is 19.1 Å². The van der Waals surface area contributed by atoms with Gasteiger partial charge in [-0.05, 0) is 32.0 Å². The summed E-state index contributed by atoms with van der Waals surface area (Å²) in [6.45, 7) is 3.98. The number of carbonyl (C=O) groups excluding carboxylic acids is 1. The number of nitrogens with zero attached hydrogens (tertiary/aromatic N) is 3. The Morgan fingerprint density at radius 2 is 2.20 bits per heavy atom. The number of rotatable bonds is 5. The Labute approximate surface area is 122 Å². The summed E-state index contributed by atoms with van der Waals surface area (Å²) in [5.74, 6) is 1.04. The summed E-state index contributed by atoms with van der Waals surface area (Å²) in [6, 6.07) is 5.14. The van der Waals surface area contributed by atoms with Gasteiger partial charge in [-0.1, -0.05) is 11.6 Å². The maximum absolute atomic E-state index is 12.4. The molecule has 0 fully saturated rings. The van der Waals surface area contributed by atoms with Gasteiger partial charge < -0.3 is 4.74 Å². The van der Waals surface area contributed by atoms with Crippen molar-refractivity contribution in [3.63, 3.8) is 0 Å². The molecule has 0 saturated carbocycles. The molecule has 2 rings (SSSR count). The molecule has 6 heteroatoms. The first-order valence-corrected chi connectivity index (χ1v) is 6.66. The fourth-order valence-electron chi connectivity index (χ4n) is 1.97. The normalized spacial score (nSPS) is 10.8. The Morgan fingerprint density at radius 3 is 2.85 bits per heavy atom. The second-order valence-corrected chi connectivity index (χ2v) is 5.10. The number of ketones is 1. The molecule has 0 saturated heterocycles. The molecule has 106 valence electrons. The molecule has 0 amide bonds. The van der Waals surface area contributed by atoms with E-state index in [0.29, 0.717) is 22.2 Å². The van der Waals surface area contributed by atoms with E-state index < -0.39 is 0 Å². The number of hydrogen-bond donors (Lipinski definition) is 0. The number of Topliss-reactive ketones (excluding diaryl/α,β-unsaturated/α-hetero) is 1. The number of aromatic nitrogens is 3. The highest BCUT2D eigenvalue weighted by Crippen LogP contribution is 2.24. The van der Waals surface area contributed by atoms with E-state index in [2.05, 4.69) is 10.1 Å². The van der Waals surface area contributed by atoms with Gasteiger partial charge in [0.1, 0.15) is 17.9 Å². The van der Waals surface area contributed by atoms with E-state index >= 15 is 0 Å². The summed E-state index contributed by atoms with van der Waals surface area (Å²) in [6.07, 6.45) is 1.62. The van der Waals surface area contributed by atoms with E-state index in [4.69, 9.17) is 16.3 Å².